The van der Waals surface area contributed by atoms with E-state index in [9.17, 15) is 0 Å². The van der Waals surface area contributed by atoms with Crippen LogP contribution in [0.1, 0.15) is 75.2 Å². The quantitative estimate of drug-likeness (QED) is 0.307. The summed E-state index contributed by atoms with van der Waals surface area (Å²) in [4.78, 5) is 2.36. The van der Waals surface area contributed by atoms with Gasteiger partial charge in [0.15, 0.2) is 5.88 Å². The van der Waals surface area contributed by atoms with Crippen LogP contribution in [0.3, 0.4) is 0 Å². The topological polar surface area (TPSA) is 55.0 Å². The lowest BCUT2D eigenvalue weighted by atomic mass is 9.76. The highest BCUT2D eigenvalue weighted by atomic mass is 16.5. The van der Waals surface area contributed by atoms with E-state index in [2.05, 4.69) is 84.4 Å². The standard InChI is InChI=1S/C33H63N3O3/c1-22(2)27-13-26(17-36(18-27)25(7)39-33(8,9)10)19-37-20-29-15-35-16-31(32(29)24(5)6)38-21-28-14-34-12-11-30(28)23(3)4/h22-24,26-32,34-35H,7,11-21H2,1-6,8-10H3. The maximum Gasteiger partial charge on any atom is 0.182 e. The Morgan fingerprint density at radius 2 is 1.59 bits per heavy atom. The average Bonchev–Trinajstić information content (AvgIpc) is 2.86. The zero-order valence-corrected chi connectivity index (χ0v) is 26.9. The maximum atomic E-state index is 6.74. The van der Waals surface area contributed by atoms with Crippen molar-refractivity contribution in [2.45, 2.75) is 86.9 Å². The third-order valence-corrected chi connectivity index (χ3v) is 9.52. The van der Waals surface area contributed by atoms with Gasteiger partial charge in [-0.25, -0.2) is 0 Å². The number of nitrogens with zero attached hydrogens (tertiary/aromatic N) is 1. The molecule has 6 nitrogen and oxygen atoms in total. The molecule has 3 aliphatic heterocycles. The van der Waals surface area contributed by atoms with E-state index < -0.39 is 0 Å². The van der Waals surface area contributed by atoms with Gasteiger partial charge in [0.05, 0.1) is 25.9 Å². The summed E-state index contributed by atoms with van der Waals surface area (Å²) in [5.41, 5.74) is -0.227. The molecule has 228 valence electrons. The van der Waals surface area contributed by atoms with Gasteiger partial charge in [-0.15, -0.1) is 0 Å². The second-order valence-corrected chi connectivity index (χ2v) is 14.9. The van der Waals surface area contributed by atoms with E-state index in [0.29, 0.717) is 41.4 Å². The van der Waals surface area contributed by atoms with Crippen LogP contribution in [-0.2, 0) is 14.2 Å². The lowest BCUT2D eigenvalue weighted by Gasteiger charge is -2.43. The van der Waals surface area contributed by atoms with Gasteiger partial charge in [-0.1, -0.05) is 41.5 Å². The molecule has 3 heterocycles. The summed E-state index contributed by atoms with van der Waals surface area (Å²) in [6.45, 7) is 33.4. The van der Waals surface area contributed by atoms with Crippen molar-refractivity contribution in [2.24, 2.45) is 53.3 Å². The van der Waals surface area contributed by atoms with Gasteiger partial charge < -0.3 is 29.7 Å². The highest BCUT2D eigenvalue weighted by Gasteiger charge is 2.38. The number of rotatable bonds is 12. The minimum absolute atomic E-state index is 0.227. The molecule has 0 aromatic heterocycles. The molecule has 0 aromatic carbocycles. The van der Waals surface area contributed by atoms with E-state index in [0.717, 1.165) is 76.8 Å². The first-order valence-electron chi connectivity index (χ1n) is 16.1. The van der Waals surface area contributed by atoms with Crippen LogP contribution < -0.4 is 10.6 Å². The monoisotopic (exact) mass is 549 g/mol. The van der Waals surface area contributed by atoms with Crippen LogP contribution in [0.25, 0.3) is 0 Å². The van der Waals surface area contributed by atoms with Crippen LogP contribution in [0.2, 0.25) is 0 Å². The number of nitrogens with one attached hydrogen (secondary N) is 2. The Morgan fingerprint density at radius 3 is 2.23 bits per heavy atom. The Labute approximate surface area is 241 Å². The first kappa shape index (κ1) is 32.7. The molecule has 0 spiro atoms. The van der Waals surface area contributed by atoms with Crippen LogP contribution in [0.15, 0.2) is 12.5 Å². The molecule has 0 saturated carbocycles. The van der Waals surface area contributed by atoms with Gasteiger partial charge in [-0.3, -0.25) is 0 Å². The van der Waals surface area contributed by atoms with Gasteiger partial charge in [-0.2, -0.15) is 0 Å². The zero-order chi connectivity index (χ0) is 28.7. The van der Waals surface area contributed by atoms with Gasteiger partial charge in [-0.05, 0) is 88.2 Å². The first-order valence-corrected chi connectivity index (χ1v) is 16.1. The Morgan fingerprint density at radius 1 is 0.872 bits per heavy atom. The molecule has 3 rings (SSSR count). The SMILES string of the molecule is C=C(OC(C)(C)C)N1CC(COCC2CNCC(OCC3CNCCC3C(C)C)C2C(C)C)CC(C(C)C)C1. The van der Waals surface area contributed by atoms with Gasteiger partial charge in [0.1, 0.15) is 5.60 Å². The van der Waals surface area contributed by atoms with E-state index >= 15 is 0 Å². The smallest absolute Gasteiger partial charge is 0.182 e. The predicted octanol–water partition coefficient (Wildman–Crippen LogP) is 5.64. The second kappa shape index (κ2) is 14.9. The van der Waals surface area contributed by atoms with Crippen LogP contribution in [0.5, 0.6) is 0 Å². The van der Waals surface area contributed by atoms with Crippen LogP contribution in [0.4, 0.5) is 0 Å². The highest BCUT2D eigenvalue weighted by molar-refractivity contribution is 4.93. The van der Waals surface area contributed by atoms with Gasteiger partial charge >= 0.3 is 0 Å². The number of hydrogen-bond donors (Lipinski definition) is 2. The van der Waals surface area contributed by atoms with Crippen molar-refractivity contribution < 1.29 is 14.2 Å². The lowest BCUT2D eigenvalue weighted by Crippen LogP contribution is -2.52. The molecule has 0 aromatic rings. The van der Waals surface area contributed by atoms with Crippen LogP contribution >= 0.6 is 0 Å². The number of ether oxygens (including phenoxy) is 3. The van der Waals surface area contributed by atoms with Gasteiger partial charge in [0.25, 0.3) is 0 Å². The summed E-state index contributed by atoms with van der Waals surface area (Å²) in [6.07, 6.45) is 2.74. The Hall–Kier alpha value is -0.820. The molecular weight excluding hydrogens is 486 g/mol. The summed E-state index contributed by atoms with van der Waals surface area (Å²) in [5.74, 6) is 6.24. The van der Waals surface area contributed by atoms with E-state index in [-0.39, 0.29) is 11.7 Å². The lowest BCUT2D eigenvalue weighted by molar-refractivity contribution is -0.0829. The molecule has 0 aliphatic carbocycles. The molecule has 7 unspecified atom stereocenters. The van der Waals surface area contributed by atoms with E-state index in [1.54, 1.807) is 0 Å². The summed E-state index contributed by atoms with van der Waals surface area (Å²) < 4.78 is 19.4. The van der Waals surface area contributed by atoms with E-state index in [1.165, 1.54) is 12.8 Å². The molecule has 3 aliphatic rings. The van der Waals surface area contributed by atoms with Crippen LogP contribution in [-0.4, -0.2) is 75.7 Å². The Bertz CT molecular complexity index is 734. The first-order chi connectivity index (χ1) is 18.4. The molecular formula is C33H63N3O3. The molecule has 6 heteroatoms. The molecule has 2 N–H and O–H groups in total. The van der Waals surface area contributed by atoms with Crippen molar-refractivity contribution in [3.63, 3.8) is 0 Å². The van der Waals surface area contributed by atoms with Crippen molar-refractivity contribution >= 4 is 0 Å². The highest BCUT2D eigenvalue weighted by Crippen LogP contribution is 2.34. The second-order valence-electron chi connectivity index (χ2n) is 14.9. The average molecular weight is 550 g/mol. The summed E-state index contributed by atoms with van der Waals surface area (Å²) in [5, 5.41) is 7.30. The fourth-order valence-electron chi connectivity index (χ4n) is 7.41. The zero-order valence-electron chi connectivity index (χ0n) is 26.9. The molecule has 0 amide bonds. The fourth-order valence-corrected chi connectivity index (χ4v) is 7.41. The van der Waals surface area contributed by atoms with Gasteiger partial charge in [0.2, 0.25) is 0 Å². The number of hydrogen-bond acceptors (Lipinski definition) is 6. The molecule has 0 radical (unpaired) electrons. The number of likely N-dealkylation sites (tertiary alicyclic amines) is 1. The molecule has 3 fully saturated rings. The van der Waals surface area contributed by atoms with E-state index in [4.69, 9.17) is 14.2 Å². The van der Waals surface area contributed by atoms with Crippen molar-refractivity contribution in [3.05, 3.63) is 12.5 Å². The minimum atomic E-state index is -0.227. The van der Waals surface area contributed by atoms with Crippen molar-refractivity contribution in [2.75, 3.05) is 59.1 Å². The molecule has 7 atom stereocenters. The third-order valence-electron chi connectivity index (χ3n) is 9.52. The predicted molar refractivity (Wildman–Crippen MR) is 163 cm³/mol. The van der Waals surface area contributed by atoms with Crippen LogP contribution in [0, 0.1) is 53.3 Å². The van der Waals surface area contributed by atoms with Crippen molar-refractivity contribution in [1.29, 1.82) is 0 Å². The summed E-state index contributed by atoms with van der Waals surface area (Å²) in [6, 6.07) is 0. The van der Waals surface area contributed by atoms with E-state index in [1.807, 2.05) is 0 Å². The summed E-state index contributed by atoms with van der Waals surface area (Å²) in [7, 11) is 0. The fraction of sp³-hybridized carbons (Fsp3) is 0.939. The normalized spacial score (nSPS) is 32.7. The molecule has 3 saturated heterocycles. The minimum Gasteiger partial charge on any atom is -0.474 e. The largest absolute Gasteiger partial charge is 0.474 e. The van der Waals surface area contributed by atoms with Crippen molar-refractivity contribution in [3.8, 4) is 0 Å². The third kappa shape index (κ3) is 9.90. The van der Waals surface area contributed by atoms with Gasteiger partial charge in [0, 0.05) is 44.6 Å². The molecule has 39 heavy (non-hydrogen) atoms. The Kier molecular flexibility index (Phi) is 12.5. The Balaban J connectivity index is 1.54. The molecule has 0 bridgehead atoms. The van der Waals surface area contributed by atoms with Crippen molar-refractivity contribution in [1.82, 2.24) is 15.5 Å². The summed E-state index contributed by atoms with van der Waals surface area (Å²) >= 11 is 0. The number of piperidine rings is 3. The maximum absolute atomic E-state index is 6.74.